The Labute approximate surface area is 225 Å². The van der Waals surface area contributed by atoms with E-state index in [4.69, 9.17) is 23.7 Å². The van der Waals surface area contributed by atoms with Gasteiger partial charge in [0.15, 0.2) is 6.10 Å². The highest BCUT2D eigenvalue weighted by Gasteiger charge is 2.48. The second-order valence-electron chi connectivity index (χ2n) is 9.26. The molecule has 0 bridgehead atoms. The Morgan fingerprint density at radius 2 is 1.24 bits per heavy atom. The van der Waals surface area contributed by atoms with Crippen LogP contribution >= 0.6 is 0 Å². The highest BCUT2D eigenvalue weighted by Crippen LogP contribution is 2.31. The third kappa shape index (κ3) is 8.10. The molecule has 5 atom stereocenters. The number of carbonyl (C=O) groups excluding carboxylic acids is 1. The van der Waals surface area contributed by atoms with Crippen molar-refractivity contribution >= 4 is 5.97 Å². The summed E-state index contributed by atoms with van der Waals surface area (Å²) >= 11 is 0. The average Bonchev–Trinajstić information content (AvgIpc) is 2.94. The summed E-state index contributed by atoms with van der Waals surface area (Å²) in [5.74, 6) is -0.401. The van der Waals surface area contributed by atoms with Gasteiger partial charge in [-0.05, 0) is 23.6 Å². The molecule has 0 spiro atoms. The third-order valence-corrected chi connectivity index (χ3v) is 6.32. The predicted octanol–water partition coefficient (Wildman–Crippen LogP) is 5.65. The van der Waals surface area contributed by atoms with Crippen molar-refractivity contribution in [2.75, 3.05) is 6.61 Å². The zero-order chi connectivity index (χ0) is 26.6. The van der Waals surface area contributed by atoms with Crippen LogP contribution in [0.25, 0.3) is 0 Å². The number of ether oxygens (including phenoxy) is 5. The minimum atomic E-state index is -0.694. The van der Waals surface area contributed by atoms with E-state index < -0.39 is 36.5 Å². The molecule has 200 valence electrons. The SMILES string of the molecule is C/C=C/[C@H]1OC(COCc2ccccc2)[C@@H](OCc2ccccc2)C(OC(C)=O)C1OCc1ccccc1. The Hall–Kier alpha value is -3.29. The monoisotopic (exact) mass is 516 g/mol. The van der Waals surface area contributed by atoms with Crippen LogP contribution in [-0.2, 0) is 48.3 Å². The topological polar surface area (TPSA) is 63.2 Å². The molecule has 3 unspecified atom stereocenters. The molecule has 1 aliphatic heterocycles. The van der Waals surface area contributed by atoms with Gasteiger partial charge in [0, 0.05) is 6.92 Å². The van der Waals surface area contributed by atoms with Crippen molar-refractivity contribution in [3.63, 3.8) is 0 Å². The van der Waals surface area contributed by atoms with Gasteiger partial charge in [-0.2, -0.15) is 0 Å². The fourth-order valence-corrected chi connectivity index (χ4v) is 4.54. The van der Waals surface area contributed by atoms with Crippen LogP contribution in [0.2, 0.25) is 0 Å². The van der Waals surface area contributed by atoms with Gasteiger partial charge in [-0.25, -0.2) is 0 Å². The molecular weight excluding hydrogens is 480 g/mol. The van der Waals surface area contributed by atoms with Crippen molar-refractivity contribution in [2.24, 2.45) is 0 Å². The average molecular weight is 517 g/mol. The van der Waals surface area contributed by atoms with Crippen molar-refractivity contribution in [3.8, 4) is 0 Å². The quantitative estimate of drug-likeness (QED) is 0.229. The van der Waals surface area contributed by atoms with Crippen LogP contribution in [0.15, 0.2) is 103 Å². The number of benzene rings is 3. The first kappa shape index (κ1) is 27.7. The molecule has 1 aliphatic rings. The van der Waals surface area contributed by atoms with Gasteiger partial charge in [0.05, 0.1) is 26.4 Å². The fraction of sp³-hybridized carbons (Fsp3) is 0.344. The van der Waals surface area contributed by atoms with Crippen LogP contribution in [0, 0.1) is 0 Å². The van der Waals surface area contributed by atoms with E-state index in [1.165, 1.54) is 6.92 Å². The van der Waals surface area contributed by atoms with Crippen LogP contribution in [0.1, 0.15) is 30.5 Å². The molecule has 0 amide bonds. The van der Waals surface area contributed by atoms with Crippen molar-refractivity contribution in [2.45, 2.75) is 64.2 Å². The van der Waals surface area contributed by atoms with Gasteiger partial charge in [0.1, 0.15) is 24.4 Å². The summed E-state index contributed by atoms with van der Waals surface area (Å²) in [6, 6.07) is 29.8. The van der Waals surface area contributed by atoms with E-state index in [2.05, 4.69) is 0 Å². The first-order chi connectivity index (χ1) is 18.6. The van der Waals surface area contributed by atoms with Crippen molar-refractivity contribution in [3.05, 3.63) is 120 Å². The zero-order valence-electron chi connectivity index (χ0n) is 22.0. The van der Waals surface area contributed by atoms with Gasteiger partial charge in [-0.1, -0.05) is 103 Å². The molecule has 3 aromatic carbocycles. The molecule has 0 aromatic heterocycles. The van der Waals surface area contributed by atoms with E-state index in [-0.39, 0.29) is 6.61 Å². The van der Waals surface area contributed by atoms with Crippen LogP contribution < -0.4 is 0 Å². The summed E-state index contributed by atoms with van der Waals surface area (Å²) in [6.45, 7) is 4.72. The lowest BCUT2D eigenvalue weighted by Crippen LogP contribution is -2.61. The standard InChI is InChI=1S/C32H36O6/c1-3-13-28-30(35-21-26-16-9-5-10-17-26)32(37-24(2)33)31(36-22-27-18-11-6-12-19-27)29(38-28)23-34-20-25-14-7-4-8-15-25/h3-19,28-32H,20-23H2,1-2H3/b13-3+/t28-,29?,30?,31-,32?/m1/s1. The predicted molar refractivity (Wildman–Crippen MR) is 145 cm³/mol. The maximum absolute atomic E-state index is 12.3. The summed E-state index contributed by atoms with van der Waals surface area (Å²) in [4.78, 5) is 12.3. The largest absolute Gasteiger partial charge is 0.457 e. The normalized spacial score (nSPS) is 23.4. The lowest BCUT2D eigenvalue weighted by Gasteiger charge is -2.45. The Morgan fingerprint density at radius 1 is 0.737 bits per heavy atom. The third-order valence-electron chi connectivity index (χ3n) is 6.32. The number of esters is 1. The molecule has 1 heterocycles. The second kappa shape index (κ2) is 14.6. The highest BCUT2D eigenvalue weighted by molar-refractivity contribution is 5.66. The summed E-state index contributed by atoms with van der Waals surface area (Å²) in [5, 5.41) is 0. The number of allylic oxidation sites excluding steroid dienone is 1. The minimum absolute atomic E-state index is 0.269. The number of hydrogen-bond donors (Lipinski definition) is 0. The Balaban J connectivity index is 1.57. The Bertz CT molecular complexity index is 1120. The molecule has 4 rings (SSSR count). The van der Waals surface area contributed by atoms with Gasteiger partial charge in [-0.15, -0.1) is 0 Å². The van der Waals surface area contributed by atoms with Gasteiger partial charge in [0.25, 0.3) is 0 Å². The van der Waals surface area contributed by atoms with E-state index in [0.29, 0.717) is 19.8 Å². The molecule has 1 saturated heterocycles. The lowest BCUT2D eigenvalue weighted by atomic mass is 9.93. The molecule has 0 aliphatic carbocycles. The number of hydrogen-bond acceptors (Lipinski definition) is 6. The van der Waals surface area contributed by atoms with Gasteiger partial charge in [-0.3, -0.25) is 4.79 Å². The molecule has 0 N–H and O–H groups in total. The lowest BCUT2D eigenvalue weighted by molar-refractivity contribution is -0.256. The first-order valence-corrected chi connectivity index (χ1v) is 13.0. The molecule has 3 aromatic rings. The maximum Gasteiger partial charge on any atom is 0.303 e. The summed E-state index contributed by atoms with van der Waals surface area (Å²) in [7, 11) is 0. The highest BCUT2D eigenvalue weighted by atomic mass is 16.6. The minimum Gasteiger partial charge on any atom is -0.457 e. The second-order valence-corrected chi connectivity index (χ2v) is 9.26. The Kier molecular flexibility index (Phi) is 10.7. The van der Waals surface area contributed by atoms with Gasteiger partial charge >= 0.3 is 5.97 Å². The molecule has 6 heteroatoms. The molecule has 0 radical (unpaired) electrons. The molecular formula is C32H36O6. The maximum atomic E-state index is 12.3. The van der Waals surface area contributed by atoms with Crippen LogP contribution in [-0.4, -0.2) is 43.1 Å². The molecule has 6 nitrogen and oxygen atoms in total. The van der Waals surface area contributed by atoms with Crippen LogP contribution in [0.5, 0.6) is 0 Å². The summed E-state index contributed by atoms with van der Waals surface area (Å²) in [6.07, 6.45) is 1.06. The summed E-state index contributed by atoms with van der Waals surface area (Å²) in [5.41, 5.74) is 3.09. The Morgan fingerprint density at radius 3 is 1.74 bits per heavy atom. The van der Waals surface area contributed by atoms with Crippen molar-refractivity contribution in [1.29, 1.82) is 0 Å². The summed E-state index contributed by atoms with van der Waals surface area (Å²) < 4.78 is 31.3. The molecule has 0 saturated carbocycles. The van der Waals surface area contributed by atoms with E-state index in [9.17, 15) is 4.79 Å². The van der Waals surface area contributed by atoms with Crippen LogP contribution in [0.3, 0.4) is 0 Å². The molecule has 1 fully saturated rings. The molecule has 38 heavy (non-hydrogen) atoms. The van der Waals surface area contributed by atoms with Gasteiger partial charge < -0.3 is 23.7 Å². The number of carbonyl (C=O) groups is 1. The van der Waals surface area contributed by atoms with E-state index >= 15 is 0 Å². The smallest absolute Gasteiger partial charge is 0.303 e. The van der Waals surface area contributed by atoms with E-state index in [0.717, 1.165) is 16.7 Å². The fourth-order valence-electron chi connectivity index (χ4n) is 4.54. The van der Waals surface area contributed by atoms with E-state index in [1.54, 1.807) is 0 Å². The van der Waals surface area contributed by atoms with Crippen molar-refractivity contribution < 1.29 is 28.5 Å². The van der Waals surface area contributed by atoms with Gasteiger partial charge in [0.2, 0.25) is 0 Å². The first-order valence-electron chi connectivity index (χ1n) is 13.0. The van der Waals surface area contributed by atoms with Crippen LogP contribution in [0.4, 0.5) is 0 Å². The van der Waals surface area contributed by atoms with E-state index in [1.807, 2.05) is 110 Å². The number of rotatable bonds is 12. The zero-order valence-corrected chi connectivity index (χ0v) is 22.0. The van der Waals surface area contributed by atoms with Crippen molar-refractivity contribution in [1.82, 2.24) is 0 Å².